The van der Waals surface area contributed by atoms with Crippen molar-refractivity contribution in [3.8, 4) is 0 Å². The lowest BCUT2D eigenvalue weighted by atomic mass is 9.96. The van der Waals surface area contributed by atoms with Crippen LogP contribution in [0.5, 0.6) is 0 Å². The number of hydrogen-bond donors (Lipinski definition) is 2. The molecule has 0 bridgehead atoms. The molecule has 0 aromatic heterocycles. The molecule has 0 aliphatic carbocycles. The molecule has 2 atom stereocenters. The Morgan fingerprint density at radius 2 is 2.10 bits per heavy atom. The van der Waals surface area contributed by atoms with E-state index < -0.39 is 15.6 Å². The Labute approximate surface area is 125 Å². The molecule has 6 nitrogen and oxygen atoms in total. The molecule has 1 saturated heterocycles. The predicted octanol–water partition coefficient (Wildman–Crippen LogP) is 0.889. The summed E-state index contributed by atoms with van der Waals surface area (Å²) < 4.78 is 31.1. The lowest BCUT2D eigenvalue weighted by molar-refractivity contribution is -0.0176. The Balaban J connectivity index is 2.22. The van der Waals surface area contributed by atoms with E-state index in [2.05, 4.69) is 5.32 Å². The molecule has 1 fully saturated rings. The highest BCUT2D eigenvalue weighted by Gasteiger charge is 2.39. The minimum Gasteiger partial charge on any atom is -0.385 e. The highest BCUT2D eigenvalue weighted by atomic mass is 32.2. The summed E-state index contributed by atoms with van der Waals surface area (Å²) in [6.45, 7) is 2.57. The first kappa shape index (κ1) is 16.2. The summed E-state index contributed by atoms with van der Waals surface area (Å²) in [6, 6.07) is 6.68. The van der Waals surface area contributed by atoms with Gasteiger partial charge in [0.05, 0.1) is 11.8 Å². The van der Waals surface area contributed by atoms with E-state index in [1.807, 2.05) is 6.92 Å². The zero-order valence-corrected chi connectivity index (χ0v) is 13.4. The molecule has 0 amide bonds. The molecule has 0 spiro atoms. The van der Waals surface area contributed by atoms with Gasteiger partial charge in [0.15, 0.2) is 0 Å². The molecule has 2 N–H and O–H groups in total. The van der Waals surface area contributed by atoms with Crippen molar-refractivity contribution in [3.63, 3.8) is 0 Å². The monoisotopic (exact) mass is 314 g/mol. The van der Waals surface area contributed by atoms with Crippen LogP contribution in [0, 0.1) is 0 Å². The SMILES string of the molecule is CC1OCCC1(O)CNc1ccccc1S(=O)(=O)N(C)C. The van der Waals surface area contributed by atoms with Gasteiger partial charge in [-0.1, -0.05) is 12.1 Å². The number of para-hydroxylation sites is 1. The Kier molecular flexibility index (Phi) is 4.57. The lowest BCUT2D eigenvalue weighted by Gasteiger charge is -2.27. The van der Waals surface area contributed by atoms with Gasteiger partial charge in [-0.3, -0.25) is 0 Å². The summed E-state index contributed by atoms with van der Waals surface area (Å²) in [7, 11) is -0.543. The van der Waals surface area contributed by atoms with Crippen LogP contribution in [0.3, 0.4) is 0 Å². The highest BCUT2D eigenvalue weighted by molar-refractivity contribution is 7.89. The van der Waals surface area contributed by atoms with Gasteiger partial charge in [0.25, 0.3) is 0 Å². The molecule has 1 aliphatic heterocycles. The molecule has 1 aromatic carbocycles. The molecule has 0 radical (unpaired) electrons. The summed E-state index contributed by atoms with van der Waals surface area (Å²) in [5.74, 6) is 0. The fourth-order valence-corrected chi connectivity index (χ4v) is 3.35. The van der Waals surface area contributed by atoms with Crippen molar-refractivity contribution in [2.75, 3.05) is 32.6 Å². The second-order valence-corrected chi connectivity index (χ2v) is 7.62. The fraction of sp³-hybridized carbons (Fsp3) is 0.571. The summed E-state index contributed by atoms with van der Waals surface area (Å²) in [5.41, 5.74) is -0.492. The number of anilines is 1. The van der Waals surface area contributed by atoms with Crippen molar-refractivity contribution in [1.29, 1.82) is 0 Å². The van der Waals surface area contributed by atoms with Gasteiger partial charge in [-0.2, -0.15) is 0 Å². The number of hydrogen-bond acceptors (Lipinski definition) is 5. The first-order chi connectivity index (χ1) is 9.77. The zero-order valence-electron chi connectivity index (χ0n) is 12.5. The largest absolute Gasteiger partial charge is 0.385 e. The van der Waals surface area contributed by atoms with Gasteiger partial charge in [-0.15, -0.1) is 0 Å². The van der Waals surface area contributed by atoms with Gasteiger partial charge in [-0.25, -0.2) is 12.7 Å². The maximum atomic E-state index is 12.3. The third-order valence-corrected chi connectivity index (χ3v) is 5.76. The van der Waals surface area contributed by atoms with Gasteiger partial charge in [-0.05, 0) is 19.1 Å². The fourth-order valence-electron chi connectivity index (χ4n) is 2.29. The van der Waals surface area contributed by atoms with E-state index >= 15 is 0 Å². The number of ether oxygens (including phenoxy) is 1. The first-order valence-electron chi connectivity index (χ1n) is 6.87. The van der Waals surface area contributed by atoms with Gasteiger partial charge >= 0.3 is 0 Å². The van der Waals surface area contributed by atoms with Crippen LogP contribution < -0.4 is 5.32 Å². The van der Waals surface area contributed by atoms with Gasteiger partial charge in [0.2, 0.25) is 10.0 Å². The predicted molar refractivity (Wildman–Crippen MR) is 80.8 cm³/mol. The van der Waals surface area contributed by atoms with Crippen molar-refractivity contribution < 1.29 is 18.3 Å². The van der Waals surface area contributed by atoms with E-state index in [9.17, 15) is 13.5 Å². The van der Waals surface area contributed by atoms with Crippen molar-refractivity contribution >= 4 is 15.7 Å². The number of nitrogens with one attached hydrogen (secondary N) is 1. The van der Waals surface area contributed by atoms with Crippen LogP contribution in [0.4, 0.5) is 5.69 Å². The van der Waals surface area contributed by atoms with E-state index in [1.54, 1.807) is 24.3 Å². The molecule has 2 rings (SSSR count). The molecule has 1 aromatic rings. The van der Waals surface area contributed by atoms with Crippen molar-refractivity contribution in [3.05, 3.63) is 24.3 Å². The van der Waals surface area contributed by atoms with Crippen LogP contribution in [0.15, 0.2) is 29.2 Å². The number of rotatable bonds is 5. The van der Waals surface area contributed by atoms with E-state index in [4.69, 9.17) is 4.74 Å². The average Bonchev–Trinajstić information content (AvgIpc) is 2.77. The van der Waals surface area contributed by atoms with Gasteiger partial charge < -0.3 is 15.2 Å². The quantitative estimate of drug-likeness (QED) is 0.844. The molecule has 118 valence electrons. The highest BCUT2D eigenvalue weighted by Crippen LogP contribution is 2.28. The molecule has 7 heteroatoms. The minimum absolute atomic E-state index is 0.199. The zero-order chi connectivity index (χ0) is 15.7. The molecular formula is C14H22N2O4S. The van der Waals surface area contributed by atoms with Crippen LogP contribution in [0.25, 0.3) is 0 Å². The van der Waals surface area contributed by atoms with Gasteiger partial charge in [0.1, 0.15) is 10.5 Å². The number of sulfonamides is 1. The Morgan fingerprint density at radius 1 is 1.43 bits per heavy atom. The molecule has 21 heavy (non-hydrogen) atoms. The molecular weight excluding hydrogens is 292 g/mol. The van der Waals surface area contributed by atoms with Crippen LogP contribution >= 0.6 is 0 Å². The average molecular weight is 314 g/mol. The Morgan fingerprint density at radius 3 is 2.67 bits per heavy atom. The van der Waals surface area contributed by atoms with E-state index in [0.29, 0.717) is 18.7 Å². The smallest absolute Gasteiger partial charge is 0.244 e. The third kappa shape index (κ3) is 3.21. The number of nitrogens with zero attached hydrogens (tertiary/aromatic N) is 1. The maximum Gasteiger partial charge on any atom is 0.244 e. The van der Waals surface area contributed by atoms with Crippen LogP contribution in [-0.2, 0) is 14.8 Å². The van der Waals surface area contributed by atoms with E-state index in [1.165, 1.54) is 18.4 Å². The summed E-state index contributed by atoms with van der Waals surface area (Å²) in [4.78, 5) is 0.199. The first-order valence-corrected chi connectivity index (χ1v) is 8.31. The maximum absolute atomic E-state index is 12.3. The number of aliphatic hydroxyl groups is 1. The molecule has 2 unspecified atom stereocenters. The van der Waals surface area contributed by atoms with Crippen LogP contribution in [0.2, 0.25) is 0 Å². The third-order valence-electron chi connectivity index (χ3n) is 3.89. The second kappa shape index (κ2) is 5.92. The number of benzene rings is 1. The summed E-state index contributed by atoms with van der Waals surface area (Å²) >= 11 is 0. The summed E-state index contributed by atoms with van der Waals surface area (Å²) in [6.07, 6.45) is 0.256. The molecule has 1 heterocycles. The topological polar surface area (TPSA) is 78.9 Å². The van der Waals surface area contributed by atoms with E-state index in [0.717, 1.165) is 0 Å². The Hall–Kier alpha value is -1.15. The van der Waals surface area contributed by atoms with Crippen molar-refractivity contribution in [2.45, 2.75) is 29.9 Å². The second-order valence-electron chi connectivity index (χ2n) is 5.50. The summed E-state index contributed by atoms with van der Waals surface area (Å²) in [5, 5.41) is 13.5. The molecule has 0 saturated carbocycles. The Bertz CT molecular complexity index is 603. The molecule has 1 aliphatic rings. The lowest BCUT2D eigenvalue weighted by Crippen LogP contribution is -2.43. The van der Waals surface area contributed by atoms with Crippen molar-refractivity contribution in [1.82, 2.24) is 4.31 Å². The minimum atomic E-state index is -3.53. The van der Waals surface area contributed by atoms with E-state index in [-0.39, 0.29) is 17.5 Å². The van der Waals surface area contributed by atoms with Crippen LogP contribution in [0.1, 0.15) is 13.3 Å². The standard InChI is InChI=1S/C14H22N2O4S/c1-11-14(17,8-9-20-11)10-15-12-6-4-5-7-13(12)21(18,19)16(2)3/h4-7,11,15,17H,8-10H2,1-3H3. The van der Waals surface area contributed by atoms with Crippen molar-refractivity contribution in [2.24, 2.45) is 0 Å². The normalized spacial score (nSPS) is 26.2. The van der Waals surface area contributed by atoms with Gasteiger partial charge in [0, 0.05) is 33.7 Å². The van der Waals surface area contributed by atoms with Crippen LogP contribution in [-0.4, -0.2) is 56.8 Å².